The minimum atomic E-state index is -4.42. The quantitative estimate of drug-likeness (QED) is 0.599. The molecule has 2 N–H and O–H groups in total. The van der Waals surface area contributed by atoms with Crippen LogP contribution in [0.3, 0.4) is 0 Å². The number of hydrogen-bond acceptors (Lipinski definition) is 4. The molecule has 1 saturated carbocycles. The van der Waals surface area contributed by atoms with Crippen LogP contribution in [0.4, 0.5) is 18.0 Å². The van der Waals surface area contributed by atoms with Gasteiger partial charge < -0.3 is 20.1 Å². The number of carbonyl (C=O) groups is 1. The van der Waals surface area contributed by atoms with E-state index >= 15 is 0 Å². The summed E-state index contributed by atoms with van der Waals surface area (Å²) in [4.78, 5) is 14.3. The first-order valence-corrected chi connectivity index (χ1v) is 12.0. The van der Waals surface area contributed by atoms with Gasteiger partial charge in [0.2, 0.25) is 0 Å². The van der Waals surface area contributed by atoms with E-state index in [-0.39, 0.29) is 6.04 Å². The van der Waals surface area contributed by atoms with Crippen molar-refractivity contribution in [3.8, 4) is 0 Å². The molecule has 1 saturated heterocycles. The fourth-order valence-electron chi connectivity index (χ4n) is 5.02. The van der Waals surface area contributed by atoms with Crippen molar-refractivity contribution < 1.29 is 27.8 Å². The molecule has 0 radical (unpaired) electrons. The number of ether oxygens (including phenoxy) is 1. The number of benzene rings is 1. The molecule has 33 heavy (non-hydrogen) atoms. The van der Waals surface area contributed by atoms with Gasteiger partial charge in [-0.3, -0.25) is 0 Å². The Morgan fingerprint density at radius 2 is 1.82 bits per heavy atom. The molecule has 1 unspecified atom stereocenters. The Balaban J connectivity index is 1.69. The van der Waals surface area contributed by atoms with Crippen LogP contribution in [0.1, 0.15) is 82.8 Å². The lowest BCUT2D eigenvalue weighted by atomic mass is 9.72. The summed E-state index contributed by atoms with van der Waals surface area (Å²) in [7, 11) is 0. The van der Waals surface area contributed by atoms with E-state index in [1.807, 2.05) is 20.8 Å². The molecule has 186 valence electrons. The summed E-state index contributed by atoms with van der Waals surface area (Å²) in [6.07, 6.45) is 0.622. The zero-order valence-corrected chi connectivity index (χ0v) is 19.9. The van der Waals surface area contributed by atoms with E-state index in [4.69, 9.17) is 4.74 Å². The number of hydrogen-bond donors (Lipinski definition) is 2. The molecular formula is C25H37F3N2O3. The normalized spacial score (nSPS) is 21.4. The third kappa shape index (κ3) is 7.34. The van der Waals surface area contributed by atoms with Gasteiger partial charge in [-0.15, -0.1) is 0 Å². The van der Waals surface area contributed by atoms with Crippen molar-refractivity contribution in [3.63, 3.8) is 0 Å². The highest BCUT2D eigenvalue weighted by Crippen LogP contribution is 2.42. The average Bonchev–Trinajstić information content (AvgIpc) is 2.71. The van der Waals surface area contributed by atoms with Gasteiger partial charge in [0.25, 0.3) is 0 Å². The van der Waals surface area contributed by atoms with E-state index in [0.717, 1.165) is 38.2 Å². The summed E-state index contributed by atoms with van der Waals surface area (Å²) >= 11 is 0. The Bertz CT molecular complexity index is 793. The van der Waals surface area contributed by atoms with Gasteiger partial charge in [0.15, 0.2) is 0 Å². The highest BCUT2D eigenvalue weighted by molar-refractivity contribution is 5.68. The van der Waals surface area contributed by atoms with Crippen molar-refractivity contribution in [2.75, 3.05) is 19.6 Å². The van der Waals surface area contributed by atoms with Gasteiger partial charge >= 0.3 is 12.3 Å². The van der Waals surface area contributed by atoms with Crippen LogP contribution in [-0.2, 0) is 10.9 Å². The first-order valence-electron chi connectivity index (χ1n) is 12.0. The molecule has 1 aromatic rings. The summed E-state index contributed by atoms with van der Waals surface area (Å²) in [5, 5.41) is 14.4. The molecule has 5 nitrogen and oxygen atoms in total. The van der Waals surface area contributed by atoms with Crippen molar-refractivity contribution in [1.29, 1.82) is 0 Å². The Kier molecular flexibility index (Phi) is 7.99. The lowest BCUT2D eigenvalue weighted by Gasteiger charge is -2.43. The molecule has 1 atom stereocenters. The van der Waals surface area contributed by atoms with Crippen LogP contribution in [0.5, 0.6) is 0 Å². The summed E-state index contributed by atoms with van der Waals surface area (Å²) in [5.41, 5.74) is -1.69. The van der Waals surface area contributed by atoms with Crippen LogP contribution in [0, 0.1) is 0 Å². The van der Waals surface area contributed by atoms with Crippen LogP contribution in [-0.4, -0.2) is 53.0 Å². The topological polar surface area (TPSA) is 61.8 Å². The minimum Gasteiger partial charge on any atom is -0.444 e. The molecule has 1 aliphatic heterocycles. The lowest BCUT2D eigenvalue weighted by Crippen LogP contribution is -2.49. The Morgan fingerprint density at radius 3 is 2.39 bits per heavy atom. The third-order valence-electron chi connectivity index (χ3n) is 6.73. The summed E-state index contributed by atoms with van der Waals surface area (Å²) in [6, 6.07) is 5.44. The fourth-order valence-corrected chi connectivity index (χ4v) is 5.02. The van der Waals surface area contributed by atoms with E-state index in [0.29, 0.717) is 38.0 Å². The van der Waals surface area contributed by atoms with Crippen LogP contribution >= 0.6 is 0 Å². The van der Waals surface area contributed by atoms with Crippen LogP contribution in [0.15, 0.2) is 24.3 Å². The molecule has 0 spiro atoms. The molecule has 0 aromatic heterocycles. The molecule has 1 heterocycles. The Labute approximate surface area is 194 Å². The molecule has 1 aliphatic carbocycles. The number of alkyl carbamates (subject to hydrolysis) is 1. The fraction of sp³-hybridized carbons (Fsp3) is 0.720. The number of rotatable bonds is 5. The largest absolute Gasteiger partial charge is 0.444 e. The first-order chi connectivity index (χ1) is 15.4. The molecule has 2 aliphatic rings. The minimum absolute atomic E-state index is 0.000810. The number of amides is 1. The Hall–Kier alpha value is -1.80. The van der Waals surface area contributed by atoms with Gasteiger partial charge in [-0.2, -0.15) is 13.2 Å². The van der Waals surface area contributed by atoms with Gasteiger partial charge in [0.05, 0.1) is 11.2 Å². The number of alkyl halides is 3. The van der Waals surface area contributed by atoms with Gasteiger partial charge in [-0.1, -0.05) is 37.5 Å². The Morgan fingerprint density at radius 1 is 1.18 bits per heavy atom. The van der Waals surface area contributed by atoms with E-state index in [9.17, 15) is 23.1 Å². The van der Waals surface area contributed by atoms with E-state index in [2.05, 4.69) is 10.2 Å². The van der Waals surface area contributed by atoms with Gasteiger partial charge in [0, 0.05) is 31.6 Å². The molecule has 2 fully saturated rings. The summed E-state index contributed by atoms with van der Waals surface area (Å²) in [5.74, 6) is -0.393. The second kappa shape index (κ2) is 10.2. The zero-order valence-electron chi connectivity index (χ0n) is 19.9. The number of likely N-dealkylation sites (tertiary alicyclic amines) is 1. The predicted octanol–water partition coefficient (Wildman–Crippen LogP) is 5.47. The zero-order chi connectivity index (χ0) is 24.3. The maximum Gasteiger partial charge on any atom is 0.416 e. The highest BCUT2D eigenvalue weighted by atomic mass is 19.4. The average molecular weight is 471 g/mol. The number of nitrogens with zero attached hydrogens (tertiary/aromatic N) is 1. The van der Waals surface area contributed by atoms with Crippen LogP contribution in [0.25, 0.3) is 0 Å². The smallest absolute Gasteiger partial charge is 0.416 e. The van der Waals surface area contributed by atoms with E-state index < -0.39 is 35.0 Å². The number of aliphatic hydroxyl groups is 1. The van der Waals surface area contributed by atoms with E-state index in [1.54, 1.807) is 6.07 Å². The van der Waals surface area contributed by atoms with Crippen molar-refractivity contribution >= 4 is 6.09 Å². The van der Waals surface area contributed by atoms with Crippen LogP contribution < -0.4 is 5.32 Å². The van der Waals surface area contributed by atoms with Crippen molar-refractivity contribution in [1.82, 2.24) is 10.2 Å². The second-order valence-corrected chi connectivity index (χ2v) is 10.6. The van der Waals surface area contributed by atoms with Crippen molar-refractivity contribution in [2.45, 2.75) is 95.1 Å². The van der Waals surface area contributed by atoms with Crippen molar-refractivity contribution in [3.05, 3.63) is 35.4 Å². The number of nitrogens with one attached hydrogen (secondary N) is 1. The number of carbonyl (C=O) groups excluding carboxylic acids is 1. The molecule has 1 aromatic carbocycles. The standard InChI is InChI=1S/C25H37F3N2O3/c1-23(2,3)33-22(31)29-20-10-14-30(15-11-20)17-21(24(32)12-5-4-6-13-24)18-8-7-9-19(16-18)25(26,27)28/h7-9,16,20-21,32H,4-6,10-15,17H2,1-3H3,(H,29,31). The maximum atomic E-state index is 13.4. The monoisotopic (exact) mass is 470 g/mol. The molecular weight excluding hydrogens is 433 g/mol. The number of piperidine rings is 1. The van der Waals surface area contributed by atoms with Crippen LogP contribution in [0.2, 0.25) is 0 Å². The highest BCUT2D eigenvalue weighted by Gasteiger charge is 2.41. The molecule has 0 bridgehead atoms. The van der Waals surface area contributed by atoms with E-state index in [1.165, 1.54) is 12.1 Å². The lowest BCUT2D eigenvalue weighted by molar-refractivity contribution is -0.137. The third-order valence-corrected chi connectivity index (χ3v) is 6.73. The van der Waals surface area contributed by atoms with Gasteiger partial charge in [-0.25, -0.2) is 4.79 Å². The van der Waals surface area contributed by atoms with Gasteiger partial charge in [0.1, 0.15) is 5.60 Å². The van der Waals surface area contributed by atoms with Crippen molar-refractivity contribution in [2.24, 2.45) is 0 Å². The number of halogens is 3. The SMILES string of the molecule is CC(C)(C)OC(=O)NC1CCN(CC(c2cccc(C(F)(F)F)c2)C2(O)CCCCC2)CC1. The summed E-state index contributed by atoms with van der Waals surface area (Å²) < 4.78 is 45.4. The maximum absolute atomic E-state index is 13.4. The molecule has 8 heteroatoms. The summed E-state index contributed by atoms with van der Waals surface area (Å²) in [6.45, 7) is 7.35. The molecule has 1 amide bonds. The first kappa shape index (κ1) is 25.8. The molecule has 3 rings (SSSR count). The van der Waals surface area contributed by atoms with Gasteiger partial charge in [-0.05, 0) is 58.1 Å². The predicted molar refractivity (Wildman–Crippen MR) is 121 cm³/mol. The second-order valence-electron chi connectivity index (χ2n) is 10.6.